The Bertz CT molecular complexity index is 1340. The van der Waals surface area contributed by atoms with Crippen molar-refractivity contribution in [2.24, 2.45) is 0 Å². The van der Waals surface area contributed by atoms with Gasteiger partial charge < -0.3 is 14.8 Å². The summed E-state index contributed by atoms with van der Waals surface area (Å²) in [5, 5.41) is 5.72. The van der Waals surface area contributed by atoms with E-state index < -0.39 is 25.7 Å². The lowest BCUT2D eigenvalue weighted by Crippen LogP contribution is -2.29. The van der Waals surface area contributed by atoms with Gasteiger partial charge in [0.25, 0.3) is 5.91 Å². The number of benzene rings is 3. The lowest BCUT2D eigenvalue weighted by Gasteiger charge is -2.18. The van der Waals surface area contributed by atoms with E-state index in [2.05, 4.69) is 16.4 Å². The average Bonchev–Trinajstić information content (AvgIpc) is 3.11. The topological polar surface area (TPSA) is 54.1 Å². The van der Waals surface area contributed by atoms with Crippen molar-refractivity contribution in [2.75, 3.05) is 7.11 Å². The number of halogens is 3. The highest BCUT2D eigenvalue weighted by Crippen LogP contribution is 2.39. The molecule has 1 atom stereocenters. The number of hydrogen-bond acceptors (Lipinski definition) is 2. The van der Waals surface area contributed by atoms with Crippen LogP contribution >= 0.6 is 19.7 Å². The quantitative estimate of drug-likeness (QED) is 0.346. The maximum atomic E-state index is 14.0. The number of nitrogens with one attached hydrogen (secondary N) is 2. The molecule has 1 heterocycles. The van der Waals surface area contributed by atoms with Crippen LogP contribution in [-0.2, 0) is 11.1 Å². The van der Waals surface area contributed by atoms with Crippen molar-refractivity contribution in [1.29, 1.82) is 0 Å². The predicted octanol–water partition coefficient (Wildman–Crippen LogP) is 5.64. The number of amides is 1. The normalized spacial score (nSPS) is 12.2. The molecule has 0 fully saturated rings. The fourth-order valence-corrected chi connectivity index (χ4v) is 6.08. The lowest BCUT2D eigenvalue weighted by atomic mass is 10.2. The van der Waals surface area contributed by atoms with Gasteiger partial charge in [0.2, 0.25) is 0 Å². The number of fused-ring (bicyclic) bond motifs is 1. The summed E-state index contributed by atoms with van der Waals surface area (Å²) < 4.78 is 33.2. The van der Waals surface area contributed by atoms with Gasteiger partial charge in [-0.15, -0.1) is 0 Å². The van der Waals surface area contributed by atoms with Crippen LogP contribution in [0.25, 0.3) is 10.9 Å². The molecule has 1 amide bonds. The Morgan fingerprint density at radius 3 is 2.45 bits per heavy atom. The van der Waals surface area contributed by atoms with Crippen molar-refractivity contribution in [2.45, 2.75) is 20.4 Å². The van der Waals surface area contributed by atoms with Crippen LogP contribution in [0.4, 0.5) is 8.78 Å². The summed E-state index contributed by atoms with van der Waals surface area (Å²) >= 11 is 6.27. The van der Waals surface area contributed by atoms with E-state index in [4.69, 9.17) is 16.1 Å². The lowest BCUT2D eigenvalue weighted by molar-refractivity contribution is 0.0947. The van der Waals surface area contributed by atoms with E-state index in [-0.39, 0.29) is 12.1 Å². The SMILES string of the molecule is COP(c1cc(C)cc(C)c1)c1c(C(=O)NCc2ccc(F)cc2F)[nH]c2ccc(Cl)cc12. The first kappa shape index (κ1) is 23.4. The molecule has 1 aromatic heterocycles. The van der Waals surface area contributed by atoms with Gasteiger partial charge in [0.1, 0.15) is 17.3 Å². The number of aromatic amines is 1. The van der Waals surface area contributed by atoms with Crippen LogP contribution in [0.5, 0.6) is 0 Å². The Labute approximate surface area is 196 Å². The summed E-state index contributed by atoms with van der Waals surface area (Å²) in [4.78, 5) is 16.4. The first-order valence-electron chi connectivity index (χ1n) is 10.2. The third-order valence-corrected chi connectivity index (χ3v) is 7.44. The van der Waals surface area contributed by atoms with Crippen LogP contribution in [0, 0.1) is 25.5 Å². The monoisotopic (exact) mass is 486 g/mol. The summed E-state index contributed by atoms with van der Waals surface area (Å²) in [5.74, 6) is -1.81. The van der Waals surface area contributed by atoms with Crippen LogP contribution in [-0.4, -0.2) is 18.0 Å². The third kappa shape index (κ3) is 4.93. The molecule has 4 rings (SSSR count). The van der Waals surface area contributed by atoms with Crippen molar-refractivity contribution in [1.82, 2.24) is 10.3 Å². The largest absolute Gasteiger partial charge is 0.353 e. The molecule has 0 spiro atoms. The number of rotatable bonds is 6. The standard InChI is InChI=1S/C25H22ClF2N2O2P/c1-14-8-15(2)10-19(9-14)33(32-3)24-20-11-17(26)5-7-22(20)30-23(24)25(31)29-13-16-4-6-18(27)12-21(16)28/h4-12,30H,13H2,1-3H3,(H,29,31). The van der Waals surface area contributed by atoms with E-state index >= 15 is 0 Å². The molecular weight excluding hydrogens is 465 g/mol. The highest BCUT2D eigenvalue weighted by molar-refractivity contribution is 7.69. The summed E-state index contributed by atoms with van der Waals surface area (Å²) in [6.45, 7) is 3.93. The van der Waals surface area contributed by atoms with E-state index in [0.717, 1.165) is 39.5 Å². The van der Waals surface area contributed by atoms with Crippen LogP contribution in [0.3, 0.4) is 0 Å². The highest BCUT2D eigenvalue weighted by atomic mass is 35.5. The smallest absolute Gasteiger partial charge is 0.268 e. The minimum Gasteiger partial charge on any atom is -0.353 e. The second-order valence-corrected chi connectivity index (χ2v) is 10.1. The van der Waals surface area contributed by atoms with Gasteiger partial charge in [0, 0.05) is 51.8 Å². The van der Waals surface area contributed by atoms with Crippen LogP contribution < -0.4 is 15.9 Å². The molecule has 4 nitrogen and oxygen atoms in total. The molecule has 0 aliphatic heterocycles. The van der Waals surface area contributed by atoms with Gasteiger partial charge in [0.05, 0.1) is 8.15 Å². The van der Waals surface area contributed by atoms with Crippen molar-refractivity contribution in [3.8, 4) is 0 Å². The molecule has 0 saturated heterocycles. The Morgan fingerprint density at radius 1 is 1.06 bits per heavy atom. The minimum absolute atomic E-state index is 0.0883. The molecule has 2 N–H and O–H groups in total. The van der Waals surface area contributed by atoms with E-state index in [1.54, 1.807) is 19.2 Å². The fraction of sp³-hybridized carbons (Fsp3) is 0.160. The van der Waals surface area contributed by atoms with Gasteiger partial charge in [-0.1, -0.05) is 34.9 Å². The number of carbonyl (C=O) groups excluding carboxylic acids is 1. The molecule has 0 bridgehead atoms. The van der Waals surface area contributed by atoms with Gasteiger partial charge in [0.15, 0.2) is 0 Å². The Hall–Kier alpha value is -2.79. The summed E-state index contributed by atoms with van der Waals surface area (Å²) in [5.41, 5.74) is 3.42. The van der Waals surface area contributed by atoms with Crippen LogP contribution in [0.15, 0.2) is 54.6 Å². The second kappa shape index (κ2) is 9.60. The summed E-state index contributed by atoms with van der Waals surface area (Å²) in [7, 11) is 0.254. The zero-order chi connectivity index (χ0) is 23.7. The highest BCUT2D eigenvalue weighted by Gasteiger charge is 2.27. The van der Waals surface area contributed by atoms with Gasteiger partial charge in [-0.25, -0.2) is 8.78 Å². The molecule has 33 heavy (non-hydrogen) atoms. The molecule has 0 saturated carbocycles. The Kier molecular flexibility index (Phi) is 6.80. The third-order valence-electron chi connectivity index (χ3n) is 5.24. The van der Waals surface area contributed by atoms with Crippen LogP contribution in [0.2, 0.25) is 5.02 Å². The van der Waals surface area contributed by atoms with Crippen molar-refractivity contribution >= 4 is 47.2 Å². The molecule has 0 aliphatic carbocycles. The zero-order valence-corrected chi connectivity index (χ0v) is 20.0. The molecule has 1 unspecified atom stereocenters. The first-order valence-corrected chi connectivity index (χ1v) is 11.9. The maximum absolute atomic E-state index is 14.0. The second-order valence-electron chi connectivity index (χ2n) is 7.78. The molecule has 170 valence electrons. The van der Waals surface area contributed by atoms with Crippen molar-refractivity contribution in [3.05, 3.63) is 93.6 Å². The van der Waals surface area contributed by atoms with Crippen molar-refractivity contribution in [3.63, 3.8) is 0 Å². The van der Waals surface area contributed by atoms with Gasteiger partial charge in [-0.3, -0.25) is 4.79 Å². The summed E-state index contributed by atoms with van der Waals surface area (Å²) in [6.07, 6.45) is 0. The number of hydrogen-bond donors (Lipinski definition) is 2. The minimum atomic E-state index is -1.36. The molecule has 3 aromatic carbocycles. The van der Waals surface area contributed by atoms with Crippen LogP contribution in [0.1, 0.15) is 27.2 Å². The summed E-state index contributed by atoms with van der Waals surface area (Å²) in [6, 6.07) is 14.8. The number of aryl methyl sites for hydroxylation is 2. The molecular formula is C25H22ClF2N2O2P. The Balaban J connectivity index is 1.77. The average molecular weight is 487 g/mol. The number of carbonyl (C=O) groups is 1. The van der Waals surface area contributed by atoms with E-state index in [0.29, 0.717) is 16.0 Å². The number of aromatic nitrogens is 1. The maximum Gasteiger partial charge on any atom is 0.268 e. The van der Waals surface area contributed by atoms with E-state index in [9.17, 15) is 13.6 Å². The van der Waals surface area contributed by atoms with E-state index in [1.807, 2.05) is 32.0 Å². The molecule has 0 aliphatic rings. The zero-order valence-electron chi connectivity index (χ0n) is 18.3. The first-order chi connectivity index (χ1) is 15.8. The number of H-pyrrole nitrogens is 1. The fourth-order valence-electron chi connectivity index (χ4n) is 3.85. The molecule has 4 aromatic rings. The Morgan fingerprint density at radius 2 is 1.79 bits per heavy atom. The van der Waals surface area contributed by atoms with E-state index in [1.165, 1.54) is 6.07 Å². The van der Waals surface area contributed by atoms with Gasteiger partial charge >= 0.3 is 0 Å². The predicted molar refractivity (Wildman–Crippen MR) is 130 cm³/mol. The van der Waals surface area contributed by atoms with Gasteiger partial charge in [-0.05, 0) is 50.2 Å². The molecule has 8 heteroatoms. The van der Waals surface area contributed by atoms with Gasteiger partial charge in [-0.2, -0.15) is 0 Å². The molecule has 0 radical (unpaired) electrons. The van der Waals surface area contributed by atoms with Crippen molar-refractivity contribution < 1.29 is 18.1 Å².